The minimum atomic E-state index is -0.259. The van der Waals surface area contributed by atoms with E-state index in [1.807, 2.05) is 6.07 Å². The van der Waals surface area contributed by atoms with Crippen LogP contribution in [0.4, 0.5) is 4.39 Å². The maximum Gasteiger partial charge on any atom is 0.124 e. The van der Waals surface area contributed by atoms with E-state index in [0.717, 1.165) is 35.9 Å². The van der Waals surface area contributed by atoms with Crippen LogP contribution in [0.1, 0.15) is 30.9 Å². The molecule has 6 heteroatoms. The minimum absolute atomic E-state index is 0.0848. The fraction of sp³-hybridized carbons (Fsp3) is 0.600. The van der Waals surface area contributed by atoms with Crippen LogP contribution in [0.5, 0.6) is 0 Å². The highest BCUT2D eigenvalue weighted by molar-refractivity contribution is 9.10. The third kappa shape index (κ3) is 3.29. The standard InChI is InChI=1S/C15H20BrFN2O2/c16-12-5-11(6-13(17)7-12)14(19-18)10-1-3-21-15(8-10)2-4-20-9-15/h5-7,10,14,19H,1-4,8-9,18H2. The molecule has 0 radical (unpaired) electrons. The van der Waals surface area contributed by atoms with Gasteiger partial charge in [-0.2, -0.15) is 0 Å². The fourth-order valence-electron chi connectivity index (χ4n) is 3.47. The Labute approximate surface area is 132 Å². The van der Waals surface area contributed by atoms with Gasteiger partial charge in [0.2, 0.25) is 0 Å². The lowest BCUT2D eigenvalue weighted by Gasteiger charge is -2.40. The largest absolute Gasteiger partial charge is 0.378 e. The summed E-state index contributed by atoms with van der Waals surface area (Å²) >= 11 is 3.34. The van der Waals surface area contributed by atoms with Crippen LogP contribution in [0, 0.1) is 11.7 Å². The Morgan fingerprint density at radius 1 is 1.38 bits per heavy atom. The van der Waals surface area contributed by atoms with Crippen LogP contribution in [0.3, 0.4) is 0 Å². The monoisotopic (exact) mass is 358 g/mol. The van der Waals surface area contributed by atoms with Crippen LogP contribution < -0.4 is 11.3 Å². The zero-order chi connectivity index (χ0) is 14.9. The van der Waals surface area contributed by atoms with Crippen molar-refractivity contribution in [3.63, 3.8) is 0 Å². The number of rotatable bonds is 3. The molecule has 3 atom stereocenters. The summed E-state index contributed by atoms with van der Waals surface area (Å²) < 4.78 is 25.8. The molecule has 2 aliphatic heterocycles. The Bertz CT molecular complexity index is 488. The van der Waals surface area contributed by atoms with E-state index in [0.29, 0.717) is 19.1 Å². The normalized spacial score (nSPS) is 30.7. The van der Waals surface area contributed by atoms with Gasteiger partial charge in [0.15, 0.2) is 0 Å². The average molecular weight is 359 g/mol. The predicted octanol–water partition coefficient (Wildman–Crippen LogP) is 2.68. The molecule has 2 aliphatic rings. The number of nitrogens with one attached hydrogen (secondary N) is 1. The van der Waals surface area contributed by atoms with Crippen LogP contribution >= 0.6 is 15.9 Å². The Kier molecular flexibility index (Phi) is 4.61. The summed E-state index contributed by atoms with van der Waals surface area (Å²) in [4.78, 5) is 0. The third-order valence-electron chi connectivity index (χ3n) is 4.49. The van der Waals surface area contributed by atoms with Crippen molar-refractivity contribution in [1.82, 2.24) is 5.43 Å². The van der Waals surface area contributed by atoms with Gasteiger partial charge in [0.1, 0.15) is 5.82 Å². The molecule has 1 aromatic carbocycles. The molecule has 3 N–H and O–H groups in total. The molecule has 116 valence electrons. The number of hydrazine groups is 1. The lowest BCUT2D eigenvalue weighted by molar-refractivity contribution is -0.103. The van der Waals surface area contributed by atoms with Gasteiger partial charge in [-0.3, -0.25) is 11.3 Å². The molecule has 0 amide bonds. The number of hydrogen-bond donors (Lipinski definition) is 2. The van der Waals surface area contributed by atoms with Gasteiger partial charge in [-0.1, -0.05) is 15.9 Å². The van der Waals surface area contributed by atoms with Crippen LogP contribution in [0.15, 0.2) is 22.7 Å². The molecule has 3 rings (SSSR count). The first-order valence-corrected chi connectivity index (χ1v) is 8.05. The van der Waals surface area contributed by atoms with Gasteiger partial charge in [0, 0.05) is 30.1 Å². The van der Waals surface area contributed by atoms with Crippen LogP contribution in [0.25, 0.3) is 0 Å². The average Bonchev–Trinajstić information content (AvgIpc) is 2.86. The van der Waals surface area contributed by atoms with E-state index in [4.69, 9.17) is 15.3 Å². The smallest absolute Gasteiger partial charge is 0.124 e. The highest BCUT2D eigenvalue weighted by Crippen LogP contribution is 2.41. The third-order valence-corrected chi connectivity index (χ3v) is 4.95. The van der Waals surface area contributed by atoms with Crippen molar-refractivity contribution in [2.24, 2.45) is 11.8 Å². The molecule has 2 fully saturated rings. The van der Waals surface area contributed by atoms with Crippen LogP contribution in [-0.2, 0) is 9.47 Å². The summed E-state index contributed by atoms with van der Waals surface area (Å²) in [5.74, 6) is 5.81. The molecule has 3 unspecified atom stereocenters. The van der Waals surface area contributed by atoms with Crippen molar-refractivity contribution >= 4 is 15.9 Å². The molecule has 2 saturated heterocycles. The molecule has 0 saturated carbocycles. The van der Waals surface area contributed by atoms with E-state index in [9.17, 15) is 4.39 Å². The maximum absolute atomic E-state index is 13.6. The van der Waals surface area contributed by atoms with E-state index in [-0.39, 0.29) is 17.5 Å². The van der Waals surface area contributed by atoms with Crippen molar-refractivity contribution in [3.05, 3.63) is 34.1 Å². The van der Waals surface area contributed by atoms with Crippen LogP contribution in [-0.4, -0.2) is 25.4 Å². The van der Waals surface area contributed by atoms with Gasteiger partial charge >= 0.3 is 0 Å². The van der Waals surface area contributed by atoms with Gasteiger partial charge in [-0.05, 0) is 42.5 Å². The lowest BCUT2D eigenvalue weighted by atomic mass is 9.79. The highest BCUT2D eigenvalue weighted by atomic mass is 79.9. The van der Waals surface area contributed by atoms with Crippen molar-refractivity contribution < 1.29 is 13.9 Å². The number of benzene rings is 1. The highest BCUT2D eigenvalue weighted by Gasteiger charge is 2.43. The van der Waals surface area contributed by atoms with E-state index in [2.05, 4.69) is 21.4 Å². The topological polar surface area (TPSA) is 56.5 Å². The van der Waals surface area contributed by atoms with Crippen LogP contribution in [0.2, 0.25) is 0 Å². The van der Waals surface area contributed by atoms with E-state index >= 15 is 0 Å². The summed E-state index contributed by atoms with van der Waals surface area (Å²) in [7, 11) is 0. The molecule has 0 bridgehead atoms. The van der Waals surface area contributed by atoms with E-state index < -0.39 is 0 Å². The second-order valence-electron chi connectivity index (χ2n) is 5.93. The second-order valence-corrected chi connectivity index (χ2v) is 6.85. The number of nitrogens with two attached hydrogens (primary N) is 1. The molecule has 0 aliphatic carbocycles. The Balaban J connectivity index is 1.82. The Hall–Kier alpha value is -0.530. The summed E-state index contributed by atoms with van der Waals surface area (Å²) in [5.41, 5.74) is 3.55. The van der Waals surface area contributed by atoms with E-state index in [1.165, 1.54) is 6.07 Å². The summed E-state index contributed by atoms with van der Waals surface area (Å²) in [5, 5.41) is 0. The van der Waals surface area contributed by atoms with Gasteiger partial charge < -0.3 is 9.47 Å². The van der Waals surface area contributed by atoms with Crippen molar-refractivity contribution in [1.29, 1.82) is 0 Å². The van der Waals surface area contributed by atoms with Gasteiger partial charge in [0.05, 0.1) is 12.2 Å². The lowest BCUT2D eigenvalue weighted by Crippen LogP contribution is -2.45. The van der Waals surface area contributed by atoms with Crippen molar-refractivity contribution in [2.45, 2.75) is 30.9 Å². The molecular weight excluding hydrogens is 339 g/mol. The Morgan fingerprint density at radius 2 is 2.24 bits per heavy atom. The molecule has 1 aromatic rings. The molecule has 21 heavy (non-hydrogen) atoms. The predicted molar refractivity (Wildman–Crippen MR) is 81.0 cm³/mol. The minimum Gasteiger partial charge on any atom is -0.378 e. The van der Waals surface area contributed by atoms with Gasteiger partial charge in [0.25, 0.3) is 0 Å². The van der Waals surface area contributed by atoms with Gasteiger partial charge in [-0.15, -0.1) is 0 Å². The molecule has 4 nitrogen and oxygen atoms in total. The summed E-state index contributed by atoms with van der Waals surface area (Å²) in [6, 6.07) is 4.83. The molecular formula is C15H20BrFN2O2. The van der Waals surface area contributed by atoms with E-state index in [1.54, 1.807) is 6.07 Å². The number of halogens is 2. The van der Waals surface area contributed by atoms with Gasteiger partial charge in [-0.25, -0.2) is 4.39 Å². The van der Waals surface area contributed by atoms with Crippen molar-refractivity contribution in [3.8, 4) is 0 Å². The number of hydrogen-bond acceptors (Lipinski definition) is 4. The number of ether oxygens (including phenoxy) is 2. The first-order valence-electron chi connectivity index (χ1n) is 7.26. The summed E-state index contributed by atoms with van der Waals surface area (Å²) in [6.45, 7) is 2.09. The first kappa shape index (κ1) is 15.4. The maximum atomic E-state index is 13.6. The SMILES string of the molecule is NNC(c1cc(F)cc(Br)c1)C1CCOC2(CCOC2)C1. The zero-order valence-corrected chi connectivity index (χ0v) is 13.4. The van der Waals surface area contributed by atoms with Crippen molar-refractivity contribution in [2.75, 3.05) is 19.8 Å². The fourth-order valence-corrected chi connectivity index (χ4v) is 3.96. The zero-order valence-electron chi connectivity index (χ0n) is 11.8. The Morgan fingerprint density at radius 3 is 2.90 bits per heavy atom. The molecule has 1 spiro atoms. The molecule has 0 aromatic heterocycles. The molecule has 2 heterocycles. The quantitative estimate of drug-likeness (QED) is 0.644. The second kappa shape index (κ2) is 6.30. The summed E-state index contributed by atoms with van der Waals surface area (Å²) in [6.07, 6.45) is 2.72. The first-order chi connectivity index (χ1) is 10.1.